The normalized spacial score (nSPS) is 11.6. The number of hydrogen-bond acceptors (Lipinski definition) is 0. The van der Waals surface area contributed by atoms with Crippen LogP contribution in [0.4, 0.5) is 0 Å². The first-order valence-electron chi connectivity index (χ1n) is 4.37. The summed E-state index contributed by atoms with van der Waals surface area (Å²) < 4.78 is 0. The molecule has 0 fully saturated rings. The number of benzene rings is 1. The summed E-state index contributed by atoms with van der Waals surface area (Å²) in [6.07, 6.45) is 1.23. The summed E-state index contributed by atoms with van der Waals surface area (Å²) in [5, 5.41) is 0.482. The first kappa shape index (κ1) is 12.7. The molecule has 0 aliphatic heterocycles. The third-order valence-corrected chi connectivity index (χ3v) is 3.31. The lowest BCUT2D eigenvalue weighted by Crippen LogP contribution is -2.04. The van der Waals surface area contributed by atoms with Crippen molar-refractivity contribution in [1.29, 1.82) is 0 Å². The lowest BCUT2D eigenvalue weighted by molar-refractivity contribution is 0.792. The van der Waals surface area contributed by atoms with Gasteiger partial charge >= 0.3 is 0 Å². The van der Waals surface area contributed by atoms with Crippen LogP contribution in [0.15, 0.2) is 30.3 Å². The molecule has 0 N–H and O–H groups in total. The topological polar surface area (TPSA) is 0 Å². The second-order valence-electron chi connectivity index (χ2n) is 4.09. The molecule has 0 saturated heterocycles. The van der Waals surface area contributed by atoms with E-state index in [1.165, 1.54) is 11.7 Å². The van der Waals surface area contributed by atoms with Gasteiger partial charge in [-0.15, -0.1) is 8.58 Å². The quantitative estimate of drug-likeness (QED) is 0.497. The predicted molar refractivity (Wildman–Crippen MR) is 64.0 cm³/mol. The van der Waals surface area contributed by atoms with Crippen molar-refractivity contribution in [3.8, 4) is 0 Å². The van der Waals surface area contributed by atoms with Gasteiger partial charge in [-0.2, -0.15) is 0 Å². The van der Waals surface area contributed by atoms with E-state index in [0.29, 0.717) is 5.16 Å². The van der Waals surface area contributed by atoms with Crippen molar-refractivity contribution in [2.45, 2.75) is 32.1 Å². The standard InChI is InChI=1S/C11H17P.B/c1-11(2,3)12-9-10-7-5-4-6-8-10;/h4-8,12H,9H2,1-3H3;. The lowest BCUT2D eigenvalue weighted by atomic mass is 10.2. The Bertz CT molecular complexity index is 226. The van der Waals surface area contributed by atoms with E-state index in [2.05, 4.69) is 51.1 Å². The predicted octanol–water partition coefficient (Wildman–Crippen LogP) is 3.28. The molecule has 1 rings (SSSR count). The molecule has 1 atom stereocenters. The molecule has 0 bridgehead atoms. The molecule has 0 amide bonds. The molecule has 2 heteroatoms. The summed E-state index contributed by atoms with van der Waals surface area (Å²) in [5.74, 6) is 0. The molecule has 1 aromatic rings. The Kier molecular flexibility index (Phi) is 5.33. The average Bonchev–Trinajstić information content (AvgIpc) is 2.02. The Morgan fingerprint density at radius 2 is 1.62 bits per heavy atom. The van der Waals surface area contributed by atoms with Gasteiger partial charge in [0.25, 0.3) is 0 Å². The zero-order chi connectivity index (χ0) is 9.03. The van der Waals surface area contributed by atoms with E-state index in [1.54, 1.807) is 0 Å². The highest BCUT2D eigenvalue weighted by molar-refractivity contribution is 7.39. The van der Waals surface area contributed by atoms with Gasteiger partial charge < -0.3 is 0 Å². The molecule has 0 aromatic heterocycles. The fourth-order valence-electron chi connectivity index (χ4n) is 0.963. The maximum absolute atomic E-state index is 2.30. The Morgan fingerprint density at radius 1 is 1.08 bits per heavy atom. The van der Waals surface area contributed by atoms with Crippen molar-refractivity contribution >= 4 is 17.0 Å². The van der Waals surface area contributed by atoms with Crippen LogP contribution in [0, 0.1) is 0 Å². The number of rotatable bonds is 2. The Hall–Kier alpha value is -0.285. The molecule has 1 unspecified atom stereocenters. The highest BCUT2D eigenvalue weighted by Gasteiger charge is 2.08. The molecule has 1 aromatic carbocycles. The van der Waals surface area contributed by atoms with E-state index < -0.39 is 0 Å². The van der Waals surface area contributed by atoms with E-state index in [0.717, 1.165) is 8.58 Å². The van der Waals surface area contributed by atoms with Crippen molar-refractivity contribution in [1.82, 2.24) is 0 Å². The van der Waals surface area contributed by atoms with E-state index in [4.69, 9.17) is 0 Å². The molecule has 0 spiro atoms. The molecule has 3 radical (unpaired) electrons. The summed E-state index contributed by atoms with van der Waals surface area (Å²) in [6.45, 7) is 6.90. The van der Waals surface area contributed by atoms with Crippen LogP contribution in [-0.4, -0.2) is 13.6 Å². The van der Waals surface area contributed by atoms with Gasteiger partial charge in [0.1, 0.15) is 0 Å². The molecule has 13 heavy (non-hydrogen) atoms. The van der Waals surface area contributed by atoms with Crippen molar-refractivity contribution in [2.75, 3.05) is 0 Å². The summed E-state index contributed by atoms with van der Waals surface area (Å²) in [6, 6.07) is 10.7. The van der Waals surface area contributed by atoms with Crippen LogP contribution >= 0.6 is 8.58 Å². The fraction of sp³-hybridized carbons (Fsp3) is 0.455. The Labute approximate surface area is 85.5 Å². The first-order valence-corrected chi connectivity index (χ1v) is 5.57. The highest BCUT2D eigenvalue weighted by atomic mass is 31.1. The summed E-state index contributed by atoms with van der Waals surface area (Å²) >= 11 is 0. The largest absolute Gasteiger partial charge is 0.112 e. The minimum atomic E-state index is 0. The average molecular weight is 191 g/mol. The molecule has 0 saturated carbocycles. The second kappa shape index (κ2) is 5.45. The Morgan fingerprint density at radius 3 is 2.08 bits per heavy atom. The van der Waals surface area contributed by atoms with Crippen LogP contribution in [0.3, 0.4) is 0 Å². The summed E-state index contributed by atoms with van der Waals surface area (Å²) in [4.78, 5) is 0. The van der Waals surface area contributed by atoms with Crippen LogP contribution in [0.25, 0.3) is 0 Å². The van der Waals surface area contributed by atoms with Gasteiger partial charge in [-0.3, -0.25) is 0 Å². The number of hydrogen-bond donors (Lipinski definition) is 0. The van der Waals surface area contributed by atoms with E-state index in [9.17, 15) is 0 Å². The second-order valence-corrected chi connectivity index (χ2v) is 6.30. The van der Waals surface area contributed by atoms with Gasteiger partial charge in [0, 0.05) is 8.41 Å². The van der Waals surface area contributed by atoms with Crippen LogP contribution in [-0.2, 0) is 6.16 Å². The third-order valence-electron chi connectivity index (χ3n) is 1.67. The Balaban J connectivity index is 0.00000144. The van der Waals surface area contributed by atoms with Crippen LogP contribution in [0.2, 0.25) is 0 Å². The van der Waals surface area contributed by atoms with Gasteiger partial charge in [-0.1, -0.05) is 51.1 Å². The molecule has 0 nitrogen and oxygen atoms in total. The van der Waals surface area contributed by atoms with Crippen LogP contribution in [0.5, 0.6) is 0 Å². The smallest absolute Gasteiger partial charge is 0 e. The van der Waals surface area contributed by atoms with E-state index in [-0.39, 0.29) is 8.41 Å². The maximum Gasteiger partial charge on any atom is 0 e. The van der Waals surface area contributed by atoms with Gasteiger partial charge in [0.05, 0.1) is 0 Å². The van der Waals surface area contributed by atoms with Gasteiger partial charge in [0.15, 0.2) is 0 Å². The first-order chi connectivity index (χ1) is 5.58. The zero-order valence-electron chi connectivity index (χ0n) is 8.67. The summed E-state index contributed by atoms with van der Waals surface area (Å²) in [7, 11) is 1.02. The monoisotopic (exact) mass is 191 g/mol. The SMILES string of the molecule is CC(C)(C)PCc1ccccc1.[B]. The molecule has 0 heterocycles. The minimum Gasteiger partial charge on any atom is -0.112 e. The van der Waals surface area contributed by atoms with E-state index in [1.807, 2.05) is 0 Å². The van der Waals surface area contributed by atoms with Crippen molar-refractivity contribution < 1.29 is 0 Å². The van der Waals surface area contributed by atoms with Crippen molar-refractivity contribution in [3.05, 3.63) is 35.9 Å². The van der Waals surface area contributed by atoms with Gasteiger partial charge in [-0.05, 0) is 16.9 Å². The lowest BCUT2D eigenvalue weighted by Gasteiger charge is -2.17. The van der Waals surface area contributed by atoms with E-state index >= 15 is 0 Å². The van der Waals surface area contributed by atoms with Gasteiger partial charge in [-0.25, -0.2) is 0 Å². The molecule has 0 aliphatic rings. The molecular formula is C11H17BP. The molecule has 0 aliphatic carbocycles. The van der Waals surface area contributed by atoms with Crippen molar-refractivity contribution in [3.63, 3.8) is 0 Å². The third kappa shape index (κ3) is 5.88. The minimum absolute atomic E-state index is 0. The maximum atomic E-state index is 2.30. The van der Waals surface area contributed by atoms with Gasteiger partial charge in [0.2, 0.25) is 0 Å². The van der Waals surface area contributed by atoms with Crippen LogP contribution in [0.1, 0.15) is 26.3 Å². The van der Waals surface area contributed by atoms with Crippen molar-refractivity contribution in [2.24, 2.45) is 0 Å². The molecule has 69 valence electrons. The fourth-order valence-corrected chi connectivity index (χ4v) is 1.93. The molecular weight excluding hydrogens is 174 g/mol. The zero-order valence-corrected chi connectivity index (χ0v) is 9.67. The summed E-state index contributed by atoms with van der Waals surface area (Å²) in [5.41, 5.74) is 1.46. The van der Waals surface area contributed by atoms with Crippen LogP contribution < -0.4 is 0 Å². The highest BCUT2D eigenvalue weighted by Crippen LogP contribution is 2.33.